The van der Waals surface area contributed by atoms with E-state index in [2.05, 4.69) is 21.0 Å². The van der Waals surface area contributed by atoms with Crippen LogP contribution in [0, 0.1) is 0 Å². The zero-order valence-electron chi connectivity index (χ0n) is 7.82. The average Bonchev–Trinajstić information content (AvgIpc) is 2.44. The fourth-order valence-corrected chi connectivity index (χ4v) is 1.79. The summed E-state index contributed by atoms with van der Waals surface area (Å²) >= 11 is 9.16. The molecule has 0 aliphatic heterocycles. The van der Waals surface area contributed by atoms with E-state index in [1.807, 2.05) is 12.1 Å². The Balaban J connectivity index is 2.64. The highest BCUT2D eigenvalue weighted by atomic mass is 79.9. The van der Waals surface area contributed by atoms with Gasteiger partial charge in [0.2, 0.25) is 5.28 Å². The van der Waals surface area contributed by atoms with Crippen LogP contribution in [0.1, 0.15) is 0 Å². The van der Waals surface area contributed by atoms with Crippen molar-refractivity contribution < 1.29 is 0 Å². The molecule has 1 aromatic carbocycles. The summed E-state index contributed by atoms with van der Waals surface area (Å²) in [7, 11) is 1.56. The van der Waals surface area contributed by atoms with Crippen LogP contribution in [-0.4, -0.2) is 14.3 Å². The molecule has 0 amide bonds. The van der Waals surface area contributed by atoms with Gasteiger partial charge in [-0.05, 0) is 35.9 Å². The average molecular weight is 289 g/mol. The second kappa shape index (κ2) is 3.83. The van der Waals surface area contributed by atoms with Crippen molar-refractivity contribution in [3.63, 3.8) is 0 Å². The van der Waals surface area contributed by atoms with E-state index in [1.165, 1.54) is 9.25 Å². The minimum atomic E-state index is -0.262. The van der Waals surface area contributed by atoms with E-state index >= 15 is 0 Å². The zero-order valence-corrected chi connectivity index (χ0v) is 10.2. The van der Waals surface area contributed by atoms with E-state index in [0.717, 1.165) is 4.47 Å². The first-order valence-corrected chi connectivity index (χ1v) is 5.34. The third-order valence-corrected chi connectivity index (χ3v) is 2.74. The van der Waals surface area contributed by atoms with Crippen molar-refractivity contribution in [3.8, 4) is 5.69 Å². The first-order valence-electron chi connectivity index (χ1n) is 4.17. The van der Waals surface area contributed by atoms with Gasteiger partial charge in [0, 0.05) is 11.5 Å². The molecule has 2 rings (SSSR count). The molecule has 6 heteroatoms. The number of hydrogen-bond acceptors (Lipinski definition) is 2. The molecule has 1 heterocycles. The number of rotatable bonds is 1. The van der Waals surface area contributed by atoms with Gasteiger partial charge in [0.1, 0.15) is 0 Å². The predicted octanol–water partition coefficient (Wildman–Crippen LogP) is 1.99. The Bertz CT molecular complexity index is 543. The monoisotopic (exact) mass is 287 g/mol. The van der Waals surface area contributed by atoms with Gasteiger partial charge in [-0.15, -0.1) is 5.10 Å². The van der Waals surface area contributed by atoms with Gasteiger partial charge in [-0.25, -0.2) is 14.0 Å². The van der Waals surface area contributed by atoms with Crippen LogP contribution in [0.15, 0.2) is 33.5 Å². The van der Waals surface area contributed by atoms with Crippen molar-refractivity contribution in [2.75, 3.05) is 0 Å². The quantitative estimate of drug-likeness (QED) is 0.805. The summed E-state index contributed by atoms with van der Waals surface area (Å²) in [6, 6.07) is 7.26. The standard InChI is InChI=1S/C9H7BrClN3O/c1-13-9(15)14(8(11)12-13)7-4-2-6(10)3-5-7/h2-5H,1H3. The van der Waals surface area contributed by atoms with E-state index in [9.17, 15) is 4.79 Å². The van der Waals surface area contributed by atoms with Crippen LogP contribution >= 0.6 is 27.5 Å². The van der Waals surface area contributed by atoms with Crippen LogP contribution in [0.4, 0.5) is 0 Å². The minimum Gasteiger partial charge on any atom is -0.246 e. The molecule has 0 spiro atoms. The molecule has 4 nitrogen and oxygen atoms in total. The van der Waals surface area contributed by atoms with Gasteiger partial charge in [-0.2, -0.15) is 0 Å². The number of halogens is 2. The van der Waals surface area contributed by atoms with Gasteiger partial charge < -0.3 is 0 Å². The molecular formula is C9H7BrClN3O. The van der Waals surface area contributed by atoms with Crippen molar-refractivity contribution in [3.05, 3.63) is 44.5 Å². The molecule has 0 saturated heterocycles. The first-order chi connectivity index (χ1) is 7.09. The fourth-order valence-electron chi connectivity index (χ4n) is 1.24. The van der Waals surface area contributed by atoms with E-state index in [0.29, 0.717) is 5.69 Å². The lowest BCUT2D eigenvalue weighted by atomic mass is 10.3. The summed E-state index contributed by atoms with van der Waals surface area (Å²) in [6.07, 6.45) is 0. The second-order valence-corrected chi connectivity index (χ2v) is 4.24. The molecule has 0 aliphatic rings. The Labute approximate surface area is 99.2 Å². The van der Waals surface area contributed by atoms with Crippen LogP contribution in [0.2, 0.25) is 5.28 Å². The Kier molecular flexibility index (Phi) is 2.67. The Morgan fingerprint density at radius 3 is 2.40 bits per heavy atom. The number of hydrogen-bond donors (Lipinski definition) is 0. The van der Waals surface area contributed by atoms with Crippen molar-refractivity contribution in [2.45, 2.75) is 0 Å². The van der Waals surface area contributed by atoms with Crippen LogP contribution < -0.4 is 5.69 Å². The number of nitrogens with zero attached hydrogens (tertiary/aromatic N) is 3. The summed E-state index contributed by atoms with van der Waals surface area (Å²) in [5, 5.41) is 3.99. The number of aryl methyl sites for hydroxylation is 1. The molecule has 15 heavy (non-hydrogen) atoms. The molecule has 0 aliphatic carbocycles. The molecular weight excluding hydrogens is 281 g/mol. The molecule has 0 fully saturated rings. The van der Waals surface area contributed by atoms with Crippen LogP contribution in [0.25, 0.3) is 5.69 Å². The van der Waals surface area contributed by atoms with E-state index in [-0.39, 0.29) is 11.0 Å². The number of benzene rings is 1. The number of aromatic nitrogens is 3. The van der Waals surface area contributed by atoms with Crippen LogP contribution in [0.3, 0.4) is 0 Å². The molecule has 0 saturated carbocycles. The molecule has 0 atom stereocenters. The summed E-state index contributed by atoms with van der Waals surface area (Å²) < 4.78 is 3.48. The highest BCUT2D eigenvalue weighted by Crippen LogP contribution is 2.15. The van der Waals surface area contributed by atoms with Gasteiger partial charge in [0.05, 0.1) is 5.69 Å². The largest absolute Gasteiger partial charge is 0.351 e. The lowest BCUT2D eigenvalue weighted by Crippen LogP contribution is -2.21. The second-order valence-electron chi connectivity index (χ2n) is 2.99. The van der Waals surface area contributed by atoms with E-state index in [4.69, 9.17) is 11.6 Å². The zero-order chi connectivity index (χ0) is 11.0. The Morgan fingerprint density at radius 1 is 1.33 bits per heavy atom. The van der Waals surface area contributed by atoms with Gasteiger partial charge in [-0.3, -0.25) is 0 Å². The summed E-state index contributed by atoms with van der Waals surface area (Å²) in [5.74, 6) is 0. The summed E-state index contributed by atoms with van der Waals surface area (Å²) in [5.41, 5.74) is 0.434. The topological polar surface area (TPSA) is 39.8 Å². The molecule has 2 aromatic rings. The minimum absolute atomic E-state index is 0.157. The maximum absolute atomic E-state index is 11.6. The SMILES string of the molecule is Cn1nc(Cl)n(-c2ccc(Br)cc2)c1=O. The Morgan fingerprint density at radius 2 is 1.93 bits per heavy atom. The molecule has 1 aromatic heterocycles. The van der Waals surface area contributed by atoms with Crippen molar-refractivity contribution >= 4 is 27.5 Å². The summed E-state index contributed by atoms with van der Waals surface area (Å²) in [6.45, 7) is 0. The fraction of sp³-hybridized carbons (Fsp3) is 0.111. The predicted molar refractivity (Wildman–Crippen MR) is 61.5 cm³/mol. The van der Waals surface area contributed by atoms with Crippen LogP contribution in [0.5, 0.6) is 0 Å². The van der Waals surface area contributed by atoms with Crippen molar-refractivity contribution in [2.24, 2.45) is 7.05 Å². The highest BCUT2D eigenvalue weighted by Gasteiger charge is 2.10. The van der Waals surface area contributed by atoms with Crippen molar-refractivity contribution in [1.29, 1.82) is 0 Å². The third kappa shape index (κ3) is 1.85. The smallest absolute Gasteiger partial charge is 0.246 e. The molecule has 0 radical (unpaired) electrons. The maximum Gasteiger partial charge on any atom is 0.351 e. The van der Waals surface area contributed by atoms with Crippen LogP contribution in [-0.2, 0) is 7.05 Å². The Hall–Kier alpha value is -1.07. The first kappa shape index (κ1) is 10.4. The van der Waals surface area contributed by atoms with E-state index < -0.39 is 0 Å². The molecule has 78 valence electrons. The maximum atomic E-state index is 11.6. The molecule has 0 bridgehead atoms. The van der Waals surface area contributed by atoms with Gasteiger partial charge in [0.25, 0.3) is 0 Å². The van der Waals surface area contributed by atoms with Gasteiger partial charge in [0.15, 0.2) is 0 Å². The normalized spacial score (nSPS) is 10.6. The summed E-state index contributed by atoms with van der Waals surface area (Å²) in [4.78, 5) is 11.6. The van der Waals surface area contributed by atoms with Gasteiger partial charge >= 0.3 is 5.69 Å². The third-order valence-electron chi connectivity index (χ3n) is 1.97. The van der Waals surface area contributed by atoms with E-state index in [1.54, 1.807) is 19.2 Å². The highest BCUT2D eigenvalue weighted by molar-refractivity contribution is 9.10. The van der Waals surface area contributed by atoms with Gasteiger partial charge in [-0.1, -0.05) is 15.9 Å². The molecule has 0 N–H and O–H groups in total. The lowest BCUT2D eigenvalue weighted by Gasteiger charge is -2.00. The van der Waals surface area contributed by atoms with Crippen molar-refractivity contribution in [1.82, 2.24) is 14.3 Å². The lowest BCUT2D eigenvalue weighted by molar-refractivity contribution is 0.726. The molecule has 0 unspecified atom stereocenters.